The number of para-hydroxylation sites is 1. The van der Waals surface area contributed by atoms with E-state index in [1.54, 1.807) is 7.11 Å². The van der Waals surface area contributed by atoms with E-state index in [4.69, 9.17) is 9.47 Å². The molecule has 128 valence electrons. The molecule has 2 N–H and O–H groups in total. The summed E-state index contributed by atoms with van der Waals surface area (Å²) >= 11 is 0. The number of aliphatic hydroxyl groups is 1. The van der Waals surface area contributed by atoms with Crippen LogP contribution in [0.1, 0.15) is 24.1 Å². The number of nitrogens with one attached hydrogen (secondary N) is 1. The molecule has 0 fully saturated rings. The standard InChI is InChI=1S/C20H25NO3/c1-15(2)14-24-20-17(10-7-11-19(20)23-3)12-21-18(13-22)16-8-5-4-6-9-16/h4-11,18,21-22H,1,12-14H2,2-3H3/t18-/m0/s1. The van der Waals surface area contributed by atoms with E-state index in [0.717, 1.165) is 16.7 Å². The molecule has 4 heteroatoms. The van der Waals surface area contributed by atoms with E-state index in [-0.39, 0.29) is 12.6 Å². The Bertz CT molecular complexity index is 655. The number of hydrogen-bond acceptors (Lipinski definition) is 4. The predicted octanol–water partition coefficient (Wildman–Crippen LogP) is 3.47. The quantitative estimate of drug-likeness (QED) is 0.693. The van der Waals surface area contributed by atoms with Gasteiger partial charge in [-0.1, -0.05) is 49.0 Å². The van der Waals surface area contributed by atoms with Crippen LogP contribution in [0.4, 0.5) is 0 Å². The first kappa shape index (κ1) is 18.0. The van der Waals surface area contributed by atoms with Gasteiger partial charge < -0.3 is 19.9 Å². The fourth-order valence-electron chi connectivity index (χ4n) is 2.43. The second kappa shape index (κ2) is 9.11. The van der Waals surface area contributed by atoms with E-state index >= 15 is 0 Å². The van der Waals surface area contributed by atoms with Gasteiger partial charge in [0.2, 0.25) is 0 Å². The van der Waals surface area contributed by atoms with Crippen LogP contribution in [-0.2, 0) is 6.54 Å². The van der Waals surface area contributed by atoms with Gasteiger partial charge in [-0.25, -0.2) is 0 Å². The summed E-state index contributed by atoms with van der Waals surface area (Å²) in [6.07, 6.45) is 0. The van der Waals surface area contributed by atoms with Crippen molar-refractivity contribution in [1.82, 2.24) is 5.32 Å². The summed E-state index contributed by atoms with van der Waals surface area (Å²) < 4.78 is 11.3. The third-order valence-electron chi connectivity index (χ3n) is 3.67. The van der Waals surface area contributed by atoms with Gasteiger partial charge in [0.15, 0.2) is 11.5 Å². The summed E-state index contributed by atoms with van der Waals surface area (Å²) in [6.45, 7) is 6.81. The molecule has 0 amide bonds. The van der Waals surface area contributed by atoms with E-state index in [2.05, 4.69) is 11.9 Å². The summed E-state index contributed by atoms with van der Waals surface area (Å²) in [7, 11) is 1.63. The molecule has 0 heterocycles. The zero-order valence-corrected chi connectivity index (χ0v) is 14.3. The highest BCUT2D eigenvalue weighted by Crippen LogP contribution is 2.31. The molecule has 2 aromatic rings. The van der Waals surface area contributed by atoms with Crippen LogP contribution in [-0.4, -0.2) is 25.4 Å². The fraction of sp³-hybridized carbons (Fsp3) is 0.300. The predicted molar refractivity (Wildman–Crippen MR) is 96.4 cm³/mol. The highest BCUT2D eigenvalue weighted by atomic mass is 16.5. The molecule has 0 aromatic heterocycles. The smallest absolute Gasteiger partial charge is 0.166 e. The maximum atomic E-state index is 9.67. The van der Waals surface area contributed by atoms with E-state index in [0.29, 0.717) is 24.7 Å². The zero-order valence-electron chi connectivity index (χ0n) is 14.3. The molecule has 0 unspecified atom stereocenters. The molecule has 0 aliphatic carbocycles. The highest BCUT2D eigenvalue weighted by molar-refractivity contribution is 5.46. The van der Waals surface area contributed by atoms with Gasteiger partial charge in [-0.15, -0.1) is 0 Å². The van der Waals surface area contributed by atoms with Crippen molar-refractivity contribution in [2.45, 2.75) is 19.5 Å². The number of rotatable bonds is 9. The van der Waals surface area contributed by atoms with Gasteiger partial charge in [0.25, 0.3) is 0 Å². The molecular weight excluding hydrogens is 302 g/mol. The summed E-state index contributed by atoms with van der Waals surface area (Å²) in [4.78, 5) is 0. The first-order valence-corrected chi connectivity index (χ1v) is 7.98. The maximum Gasteiger partial charge on any atom is 0.166 e. The van der Waals surface area contributed by atoms with Crippen molar-refractivity contribution < 1.29 is 14.6 Å². The lowest BCUT2D eigenvalue weighted by atomic mass is 10.1. The van der Waals surface area contributed by atoms with E-state index in [9.17, 15) is 5.11 Å². The van der Waals surface area contributed by atoms with E-state index in [1.165, 1.54) is 0 Å². The van der Waals surface area contributed by atoms with Crippen molar-refractivity contribution in [1.29, 1.82) is 0 Å². The fourth-order valence-corrected chi connectivity index (χ4v) is 2.43. The summed E-state index contributed by atoms with van der Waals surface area (Å²) in [5.41, 5.74) is 2.97. The van der Waals surface area contributed by atoms with Crippen LogP contribution in [0.15, 0.2) is 60.7 Å². The maximum absolute atomic E-state index is 9.67. The molecular formula is C20H25NO3. The van der Waals surface area contributed by atoms with Crippen LogP contribution in [0.5, 0.6) is 11.5 Å². The minimum absolute atomic E-state index is 0.0237. The van der Waals surface area contributed by atoms with E-state index < -0.39 is 0 Å². The number of ether oxygens (including phenoxy) is 2. The first-order chi connectivity index (χ1) is 11.7. The van der Waals surface area contributed by atoms with Crippen LogP contribution in [0, 0.1) is 0 Å². The van der Waals surface area contributed by atoms with Crippen molar-refractivity contribution in [2.75, 3.05) is 20.3 Å². The lowest BCUT2D eigenvalue weighted by molar-refractivity contribution is 0.242. The largest absolute Gasteiger partial charge is 0.493 e. The Hall–Kier alpha value is -2.30. The molecule has 4 nitrogen and oxygen atoms in total. The molecule has 0 saturated carbocycles. The SMILES string of the molecule is C=C(C)COc1c(CN[C@@H](CO)c2ccccc2)cccc1OC. The lowest BCUT2D eigenvalue weighted by Crippen LogP contribution is -2.24. The van der Waals surface area contributed by atoms with E-state index in [1.807, 2.05) is 55.5 Å². The topological polar surface area (TPSA) is 50.7 Å². The Kier molecular flexibility index (Phi) is 6.85. The molecule has 1 atom stereocenters. The molecule has 0 spiro atoms. The van der Waals surface area contributed by atoms with Gasteiger partial charge in [0, 0.05) is 12.1 Å². The van der Waals surface area contributed by atoms with Crippen LogP contribution >= 0.6 is 0 Å². The summed E-state index contributed by atoms with van der Waals surface area (Å²) in [6, 6.07) is 15.5. The molecule has 0 bridgehead atoms. The van der Waals surface area contributed by atoms with Crippen LogP contribution in [0.3, 0.4) is 0 Å². The first-order valence-electron chi connectivity index (χ1n) is 7.98. The monoisotopic (exact) mass is 327 g/mol. The average molecular weight is 327 g/mol. The van der Waals surface area contributed by atoms with Crippen LogP contribution < -0.4 is 14.8 Å². The van der Waals surface area contributed by atoms with Gasteiger partial charge >= 0.3 is 0 Å². The van der Waals surface area contributed by atoms with Crippen molar-refractivity contribution in [3.05, 3.63) is 71.8 Å². The van der Waals surface area contributed by atoms with Gasteiger partial charge in [-0.3, -0.25) is 0 Å². The third-order valence-corrected chi connectivity index (χ3v) is 3.67. The Labute approximate surface area is 143 Å². The van der Waals surface area contributed by atoms with Crippen molar-refractivity contribution in [2.24, 2.45) is 0 Å². The minimum atomic E-state index is -0.133. The molecule has 2 aromatic carbocycles. The average Bonchev–Trinajstić information content (AvgIpc) is 2.61. The Morgan fingerprint density at radius 1 is 1.17 bits per heavy atom. The number of aliphatic hydroxyl groups excluding tert-OH is 1. The normalized spacial score (nSPS) is 11.8. The minimum Gasteiger partial charge on any atom is -0.493 e. The van der Waals surface area contributed by atoms with Gasteiger partial charge in [-0.05, 0) is 24.1 Å². The third kappa shape index (κ3) is 4.85. The van der Waals surface area contributed by atoms with Gasteiger partial charge in [0.05, 0.1) is 19.8 Å². The molecule has 2 rings (SSSR count). The summed E-state index contributed by atoms with van der Waals surface area (Å²) in [5, 5.41) is 13.0. The van der Waals surface area contributed by atoms with Crippen LogP contribution in [0.2, 0.25) is 0 Å². The molecule has 0 aliphatic heterocycles. The lowest BCUT2D eigenvalue weighted by Gasteiger charge is -2.19. The zero-order chi connectivity index (χ0) is 17.4. The second-order valence-corrected chi connectivity index (χ2v) is 5.72. The second-order valence-electron chi connectivity index (χ2n) is 5.72. The van der Waals surface area contributed by atoms with Crippen molar-refractivity contribution in [3.8, 4) is 11.5 Å². The highest BCUT2D eigenvalue weighted by Gasteiger charge is 2.14. The van der Waals surface area contributed by atoms with Crippen molar-refractivity contribution >= 4 is 0 Å². The van der Waals surface area contributed by atoms with Gasteiger partial charge in [0.1, 0.15) is 6.61 Å². The molecule has 24 heavy (non-hydrogen) atoms. The van der Waals surface area contributed by atoms with Gasteiger partial charge in [-0.2, -0.15) is 0 Å². The van der Waals surface area contributed by atoms with Crippen molar-refractivity contribution in [3.63, 3.8) is 0 Å². The summed E-state index contributed by atoms with van der Waals surface area (Å²) in [5.74, 6) is 1.40. The number of methoxy groups -OCH3 is 1. The number of benzene rings is 2. The Balaban J connectivity index is 2.14. The molecule has 0 saturated heterocycles. The molecule has 0 radical (unpaired) electrons. The molecule has 0 aliphatic rings. The Morgan fingerprint density at radius 3 is 2.54 bits per heavy atom. The number of hydrogen-bond donors (Lipinski definition) is 2. The van der Waals surface area contributed by atoms with Crippen LogP contribution in [0.25, 0.3) is 0 Å². The Morgan fingerprint density at radius 2 is 1.92 bits per heavy atom.